The number of nitrogens with zero attached hydrogens (tertiary/aromatic N) is 3. The second kappa shape index (κ2) is 6.61. The third-order valence-corrected chi connectivity index (χ3v) is 4.43. The lowest BCUT2D eigenvalue weighted by atomic mass is 10.0. The first-order valence-electron chi connectivity index (χ1n) is 8.55. The summed E-state index contributed by atoms with van der Waals surface area (Å²) >= 11 is 0. The average molecular weight is 348 g/mol. The van der Waals surface area contributed by atoms with Crippen molar-refractivity contribution in [3.05, 3.63) is 53.2 Å². The van der Waals surface area contributed by atoms with Crippen LogP contribution in [0.15, 0.2) is 47.7 Å². The molecule has 7 heteroatoms. The molecular formula is C19H20N6O. The van der Waals surface area contributed by atoms with Crippen molar-refractivity contribution >= 4 is 27.5 Å². The number of hydrogen-bond donors (Lipinski definition) is 3. The number of aromatic nitrogens is 4. The minimum absolute atomic E-state index is 0.142. The predicted octanol–water partition coefficient (Wildman–Crippen LogP) is 2.24. The normalized spacial score (nSPS) is 11.3. The molecular weight excluding hydrogens is 328 g/mol. The first-order valence-corrected chi connectivity index (χ1v) is 8.55. The molecule has 132 valence electrons. The summed E-state index contributed by atoms with van der Waals surface area (Å²) in [6, 6.07) is 7.88. The van der Waals surface area contributed by atoms with Gasteiger partial charge >= 0.3 is 0 Å². The maximum atomic E-state index is 12.5. The Morgan fingerprint density at radius 2 is 2.12 bits per heavy atom. The van der Waals surface area contributed by atoms with Gasteiger partial charge in [-0.2, -0.15) is 5.10 Å². The minimum atomic E-state index is -0.142. The Bertz CT molecular complexity index is 1140. The van der Waals surface area contributed by atoms with Gasteiger partial charge in [0.1, 0.15) is 5.82 Å². The van der Waals surface area contributed by atoms with Gasteiger partial charge in [0.05, 0.1) is 17.1 Å². The lowest BCUT2D eigenvalue weighted by molar-refractivity contribution is 0.768. The summed E-state index contributed by atoms with van der Waals surface area (Å²) in [4.78, 5) is 19.9. The molecule has 3 heterocycles. The molecule has 0 aliphatic carbocycles. The van der Waals surface area contributed by atoms with E-state index >= 15 is 0 Å². The smallest absolute Gasteiger partial charge is 0.258 e. The number of pyridine rings is 2. The van der Waals surface area contributed by atoms with Gasteiger partial charge < -0.3 is 16.0 Å². The van der Waals surface area contributed by atoms with Gasteiger partial charge in [-0.05, 0) is 30.7 Å². The number of anilines is 1. The molecule has 4 rings (SSSR count). The number of fused-ring (bicyclic) bond motifs is 3. The Morgan fingerprint density at radius 1 is 1.23 bits per heavy atom. The summed E-state index contributed by atoms with van der Waals surface area (Å²) in [6.45, 7) is 1.35. The van der Waals surface area contributed by atoms with Crippen LogP contribution in [0, 0.1) is 0 Å². The van der Waals surface area contributed by atoms with Gasteiger partial charge in [-0.3, -0.25) is 9.48 Å². The maximum Gasteiger partial charge on any atom is 0.258 e. The molecule has 0 fully saturated rings. The van der Waals surface area contributed by atoms with Crippen molar-refractivity contribution < 1.29 is 0 Å². The molecule has 26 heavy (non-hydrogen) atoms. The van der Waals surface area contributed by atoms with Crippen molar-refractivity contribution in [1.29, 1.82) is 0 Å². The Hall–Kier alpha value is -3.19. The van der Waals surface area contributed by atoms with E-state index in [1.807, 2.05) is 43.7 Å². The van der Waals surface area contributed by atoms with Crippen LogP contribution in [0.3, 0.4) is 0 Å². The van der Waals surface area contributed by atoms with E-state index in [2.05, 4.69) is 20.4 Å². The van der Waals surface area contributed by atoms with Crippen molar-refractivity contribution in [2.24, 2.45) is 12.8 Å². The summed E-state index contributed by atoms with van der Waals surface area (Å²) in [5.41, 5.74) is 8.13. The van der Waals surface area contributed by atoms with Gasteiger partial charge in [-0.25, -0.2) is 4.98 Å². The Morgan fingerprint density at radius 3 is 2.88 bits per heavy atom. The highest BCUT2D eigenvalue weighted by Crippen LogP contribution is 2.31. The van der Waals surface area contributed by atoms with Gasteiger partial charge in [0, 0.05) is 42.3 Å². The highest BCUT2D eigenvalue weighted by molar-refractivity contribution is 6.10. The Kier molecular flexibility index (Phi) is 4.14. The molecule has 1 aromatic carbocycles. The van der Waals surface area contributed by atoms with Crippen LogP contribution in [0.25, 0.3) is 32.8 Å². The van der Waals surface area contributed by atoms with E-state index in [-0.39, 0.29) is 5.56 Å². The van der Waals surface area contributed by atoms with Crippen LogP contribution in [0.1, 0.15) is 6.42 Å². The van der Waals surface area contributed by atoms with Crippen LogP contribution in [0.5, 0.6) is 0 Å². The minimum Gasteiger partial charge on any atom is -0.369 e. The number of aromatic amines is 1. The second-order valence-corrected chi connectivity index (χ2v) is 6.26. The molecule has 0 radical (unpaired) electrons. The van der Waals surface area contributed by atoms with E-state index in [9.17, 15) is 4.79 Å². The van der Waals surface area contributed by atoms with Crippen molar-refractivity contribution in [3.8, 4) is 11.1 Å². The molecule has 0 aliphatic rings. The molecule has 0 saturated carbocycles. The molecule has 0 amide bonds. The molecule has 0 atom stereocenters. The van der Waals surface area contributed by atoms with Gasteiger partial charge in [-0.1, -0.05) is 12.1 Å². The van der Waals surface area contributed by atoms with Crippen molar-refractivity contribution in [2.75, 3.05) is 18.4 Å². The maximum absolute atomic E-state index is 12.5. The SMILES string of the molecule is Cn1cc(-c2ccc3c(NCCCN)nc4cc[nH]c(=O)c4c3c2)cn1. The van der Waals surface area contributed by atoms with Crippen LogP contribution in [0.4, 0.5) is 5.82 Å². The highest BCUT2D eigenvalue weighted by Gasteiger charge is 2.12. The summed E-state index contributed by atoms with van der Waals surface area (Å²) in [7, 11) is 1.88. The van der Waals surface area contributed by atoms with Crippen molar-refractivity contribution in [1.82, 2.24) is 19.7 Å². The number of nitrogens with two attached hydrogens (primary N) is 1. The molecule has 3 aromatic heterocycles. The monoisotopic (exact) mass is 348 g/mol. The van der Waals surface area contributed by atoms with Gasteiger partial charge in [0.25, 0.3) is 5.56 Å². The quantitative estimate of drug-likeness (QED) is 0.379. The fourth-order valence-corrected chi connectivity index (χ4v) is 3.15. The van der Waals surface area contributed by atoms with E-state index < -0.39 is 0 Å². The standard InChI is InChI=1S/C19H20N6O/c1-25-11-13(10-23-25)12-3-4-14-15(9-12)17-16(5-8-22-19(17)26)24-18(14)21-7-2-6-20/h3-5,8-11H,2,6-7,20H2,1H3,(H,21,24)(H,22,26). The highest BCUT2D eigenvalue weighted by atomic mass is 16.1. The topological polar surface area (TPSA) is 102 Å². The third kappa shape index (κ3) is 2.82. The number of rotatable bonds is 5. The number of hydrogen-bond acceptors (Lipinski definition) is 5. The zero-order valence-electron chi connectivity index (χ0n) is 14.5. The summed E-state index contributed by atoms with van der Waals surface area (Å²) in [6.07, 6.45) is 6.24. The number of benzene rings is 1. The molecule has 0 aliphatic heterocycles. The Labute approximate surface area is 149 Å². The van der Waals surface area contributed by atoms with Crippen molar-refractivity contribution in [2.45, 2.75) is 6.42 Å². The van der Waals surface area contributed by atoms with Crippen LogP contribution >= 0.6 is 0 Å². The lowest BCUT2D eigenvalue weighted by Gasteiger charge is -2.12. The lowest BCUT2D eigenvalue weighted by Crippen LogP contribution is -2.11. The molecule has 4 N–H and O–H groups in total. The van der Waals surface area contributed by atoms with E-state index in [0.29, 0.717) is 17.4 Å². The largest absolute Gasteiger partial charge is 0.369 e. The first kappa shape index (κ1) is 16.3. The number of H-pyrrole nitrogens is 1. The van der Waals surface area contributed by atoms with Crippen LogP contribution in [0.2, 0.25) is 0 Å². The zero-order valence-corrected chi connectivity index (χ0v) is 14.5. The van der Waals surface area contributed by atoms with E-state index in [1.54, 1.807) is 10.9 Å². The van der Waals surface area contributed by atoms with Gasteiger partial charge in [0.15, 0.2) is 0 Å². The molecule has 0 spiro atoms. The molecule has 4 aromatic rings. The van der Waals surface area contributed by atoms with Gasteiger partial charge in [0.2, 0.25) is 0 Å². The van der Waals surface area contributed by atoms with Crippen LogP contribution in [-0.4, -0.2) is 32.8 Å². The fraction of sp³-hybridized carbons (Fsp3) is 0.211. The van der Waals surface area contributed by atoms with E-state index in [1.165, 1.54) is 0 Å². The first-order chi connectivity index (χ1) is 12.7. The summed E-state index contributed by atoms with van der Waals surface area (Å²) in [5.74, 6) is 0.768. The molecule has 0 unspecified atom stereocenters. The molecule has 7 nitrogen and oxygen atoms in total. The van der Waals surface area contributed by atoms with Crippen LogP contribution in [-0.2, 0) is 7.05 Å². The molecule has 0 bridgehead atoms. The van der Waals surface area contributed by atoms with Crippen molar-refractivity contribution in [3.63, 3.8) is 0 Å². The summed E-state index contributed by atoms with van der Waals surface area (Å²) in [5, 5.41) is 9.96. The number of aryl methyl sites for hydroxylation is 1. The zero-order chi connectivity index (χ0) is 18.1. The fourth-order valence-electron chi connectivity index (χ4n) is 3.15. The predicted molar refractivity (Wildman–Crippen MR) is 104 cm³/mol. The average Bonchev–Trinajstić information content (AvgIpc) is 3.08. The second-order valence-electron chi connectivity index (χ2n) is 6.26. The third-order valence-electron chi connectivity index (χ3n) is 4.43. The van der Waals surface area contributed by atoms with Gasteiger partial charge in [-0.15, -0.1) is 0 Å². The Balaban J connectivity index is 1.97. The van der Waals surface area contributed by atoms with E-state index in [4.69, 9.17) is 5.73 Å². The van der Waals surface area contributed by atoms with E-state index in [0.717, 1.165) is 40.7 Å². The van der Waals surface area contributed by atoms with Crippen LogP contribution < -0.4 is 16.6 Å². The summed E-state index contributed by atoms with van der Waals surface area (Å²) < 4.78 is 1.76. The molecule has 0 saturated heterocycles. The number of nitrogens with one attached hydrogen (secondary N) is 2.